The fraction of sp³-hybridized carbons (Fsp3) is 0.429. The summed E-state index contributed by atoms with van der Waals surface area (Å²) in [4.78, 5) is 23.3. The molecule has 0 spiro atoms. The lowest BCUT2D eigenvalue weighted by molar-refractivity contribution is -0.119. The Morgan fingerprint density at radius 3 is 2.26 bits per heavy atom. The Labute approximate surface area is 117 Å². The summed E-state index contributed by atoms with van der Waals surface area (Å²) in [6, 6.07) is 6.67. The van der Waals surface area contributed by atoms with Crippen LogP contribution >= 0.6 is 11.8 Å². The summed E-state index contributed by atoms with van der Waals surface area (Å²) in [5.74, 6) is -0.207. The van der Waals surface area contributed by atoms with Crippen LogP contribution in [0.15, 0.2) is 29.2 Å². The number of rotatable bonds is 6. The van der Waals surface area contributed by atoms with Gasteiger partial charge in [-0.15, -0.1) is 11.8 Å². The molecule has 1 amide bonds. The summed E-state index contributed by atoms with van der Waals surface area (Å²) >= 11 is 1.40. The van der Waals surface area contributed by atoms with Gasteiger partial charge in [-0.25, -0.2) is 4.79 Å². The Morgan fingerprint density at radius 2 is 1.79 bits per heavy atom. The molecule has 1 aromatic carbocycles. The third-order valence-corrected chi connectivity index (χ3v) is 3.87. The molecule has 2 N–H and O–H groups in total. The molecule has 0 aliphatic heterocycles. The molecule has 0 bridgehead atoms. The summed E-state index contributed by atoms with van der Waals surface area (Å²) in [6.45, 7) is 6.10. The molecule has 0 saturated carbocycles. The molecular weight excluding hydrogens is 262 g/mol. The molecule has 0 aliphatic carbocycles. The van der Waals surface area contributed by atoms with Gasteiger partial charge in [0.1, 0.15) is 0 Å². The van der Waals surface area contributed by atoms with E-state index in [2.05, 4.69) is 19.2 Å². The average molecular weight is 281 g/mol. The zero-order chi connectivity index (χ0) is 14.4. The first-order valence-corrected chi connectivity index (χ1v) is 7.14. The third kappa shape index (κ3) is 5.34. The van der Waals surface area contributed by atoms with Gasteiger partial charge < -0.3 is 10.4 Å². The number of carboxylic acid groups (broad SMARTS) is 1. The summed E-state index contributed by atoms with van der Waals surface area (Å²) in [5.41, 5.74) is 0.252. The number of hydrogen-bond acceptors (Lipinski definition) is 3. The van der Waals surface area contributed by atoms with Gasteiger partial charge in [-0.2, -0.15) is 0 Å². The molecule has 104 valence electrons. The number of carboxylic acids is 1. The van der Waals surface area contributed by atoms with Gasteiger partial charge >= 0.3 is 5.97 Å². The Bertz CT molecular complexity index is 443. The van der Waals surface area contributed by atoms with Crippen LogP contribution in [0.5, 0.6) is 0 Å². The van der Waals surface area contributed by atoms with Crippen molar-refractivity contribution in [1.29, 1.82) is 0 Å². The van der Waals surface area contributed by atoms with Crippen LogP contribution in [0.3, 0.4) is 0 Å². The molecule has 19 heavy (non-hydrogen) atoms. The van der Waals surface area contributed by atoms with Gasteiger partial charge in [0.05, 0.1) is 11.3 Å². The van der Waals surface area contributed by atoms with Crippen LogP contribution in [0, 0.1) is 5.92 Å². The minimum absolute atomic E-state index is 0.00601. The quantitative estimate of drug-likeness (QED) is 0.787. The van der Waals surface area contributed by atoms with E-state index in [0.29, 0.717) is 11.7 Å². The van der Waals surface area contributed by atoms with Crippen LogP contribution in [0.4, 0.5) is 0 Å². The van der Waals surface area contributed by atoms with Crippen molar-refractivity contribution >= 4 is 23.6 Å². The fourth-order valence-corrected chi connectivity index (χ4v) is 2.01. The van der Waals surface area contributed by atoms with Crippen molar-refractivity contribution in [3.63, 3.8) is 0 Å². The summed E-state index contributed by atoms with van der Waals surface area (Å²) in [7, 11) is 0. The standard InChI is InChI=1S/C14H19NO3S/c1-9(2)10(3)15-13(16)8-19-12-6-4-11(5-7-12)14(17)18/h4-7,9-10H,8H2,1-3H3,(H,15,16)(H,17,18). The number of nitrogens with one attached hydrogen (secondary N) is 1. The number of benzene rings is 1. The van der Waals surface area contributed by atoms with Crippen LogP contribution in [-0.4, -0.2) is 28.8 Å². The van der Waals surface area contributed by atoms with Crippen molar-refractivity contribution in [3.8, 4) is 0 Å². The van der Waals surface area contributed by atoms with E-state index in [0.717, 1.165) is 4.90 Å². The van der Waals surface area contributed by atoms with Gasteiger partial charge in [0.25, 0.3) is 0 Å². The van der Waals surface area contributed by atoms with Gasteiger partial charge in [-0.05, 0) is 37.1 Å². The number of hydrogen-bond donors (Lipinski definition) is 2. The molecule has 0 aliphatic rings. The van der Waals surface area contributed by atoms with E-state index in [4.69, 9.17) is 5.11 Å². The minimum Gasteiger partial charge on any atom is -0.478 e. The SMILES string of the molecule is CC(C)C(C)NC(=O)CSc1ccc(C(=O)O)cc1. The summed E-state index contributed by atoms with van der Waals surface area (Å²) < 4.78 is 0. The topological polar surface area (TPSA) is 66.4 Å². The molecule has 1 rings (SSSR count). The molecule has 1 unspecified atom stereocenters. The third-order valence-electron chi connectivity index (χ3n) is 2.86. The van der Waals surface area contributed by atoms with E-state index >= 15 is 0 Å². The van der Waals surface area contributed by atoms with E-state index in [1.807, 2.05) is 6.92 Å². The number of carbonyl (C=O) groups is 2. The molecule has 0 heterocycles. The second-order valence-corrected chi connectivity index (χ2v) is 5.77. The van der Waals surface area contributed by atoms with Crippen molar-refractivity contribution in [1.82, 2.24) is 5.32 Å². The maximum atomic E-state index is 11.7. The first-order valence-electron chi connectivity index (χ1n) is 6.15. The van der Waals surface area contributed by atoms with Gasteiger partial charge in [-0.1, -0.05) is 13.8 Å². The summed E-state index contributed by atoms with van der Waals surface area (Å²) in [6.07, 6.45) is 0. The maximum Gasteiger partial charge on any atom is 0.335 e. The highest BCUT2D eigenvalue weighted by Gasteiger charge is 2.11. The van der Waals surface area contributed by atoms with Crippen LogP contribution in [0.25, 0.3) is 0 Å². The van der Waals surface area contributed by atoms with Crippen molar-refractivity contribution in [3.05, 3.63) is 29.8 Å². The zero-order valence-corrected chi connectivity index (χ0v) is 12.2. The van der Waals surface area contributed by atoms with Gasteiger partial charge in [0.15, 0.2) is 0 Å². The second kappa shape index (κ2) is 7.19. The number of thioether (sulfide) groups is 1. The van der Waals surface area contributed by atoms with Crippen molar-refractivity contribution in [2.24, 2.45) is 5.92 Å². The largest absolute Gasteiger partial charge is 0.478 e. The van der Waals surface area contributed by atoms with Crippen LogP contribution < -0.4 is 5.32 Å². The number of amides is 1. The highest BCUT2D eigenvalue weighted by molar-refractivity contribution is 8.00. The lowest BCUT2D eigenvalue weighted by Crippen LogP contribution is -2.37. The second-order valence-electron chi connectivity index (χ2n) is 4.72. The molecule has 1 atom stereocenters. The summed E-state index contributed by atoms with van der Waals surface area (Å²) in [5, 5.41) is 11.7. The van der Waals surface area contributed by atoms with Gasteiger partial charge in [-0.3, -0.25) is 4.79 Å². The van der Waals surface area contributed by atoms with Crippen molar-refractivity contribution in [2.45, 2.75) is 31.7 Å². The predicted octanol–water partition coefficient (Wildman–Crippen LogP) is 2.64. The van der Waals surface area contributed by atoms with Gasteiger partial charge in [0, 0.05) is 10.9 Å². The molecule has 1 aromatic rings. The first kappa shape index (κ1) is 15.6. The molecule has 4 nitrogen and oxygen atoms in total. The molecule has 0 aromatic heterocycles. The Hall–Kier alpha value is -1.49. The average Bonchev–Trinajstić information content (AvgIpc) is 2.36. The van der Waals surface area contributed by atoms with E-state index in [-0.39, 0.29) is 17.5 Å². The monoisotopic (exact) mass is 281 g/mol. The van der Waals surface area contributed by atoms with Crippen LogP contribution in [-0.2, 0) is 4.79 Å². The van der Waals surface area contributed by atoms with Crippen molar-refractivity contribution < 1.29 is 14.7 Å². The Morgan fingerprint density at radius 1 is 1.21 bits per heavy atom. The van der Waals surface area contributed by atoms with E-state index in [1.165, 1.54) is 11.8 Å². The lowest BCUT2D eigenvalue weighted by Gasteiger charge is -2.17. The van der Waals surface area contributed by atoms with Gasteiger partial charge in [0.2, 0.25) is 5.91 Å². The molecular formula is C14H19NO3S. The molecule has 5 heteroatoms. The van der Waals surface area contributed by atoms with Crippen molar-refractivity contribution in [2.75, 3.05) is 5.75 Å². The van der Waals surface area contributed by atoms with E-state index < -0.39 is 5.97 Å². The predicted molar refractivity (Wildman–Crippen MR) is 76.6 cm³/mol. The Kier molecular flexibility index (Phi) is 5.89. The normalized spacial score (nSPS) is 12.2. The first-order chi connectivity index (χ1) is 8.90. The highest BCUT2D eigenvalue weighted by Crippen LogP contribution is 2.18. The minimum atomic E-state index is -0.944. The van der Waals surface area contributed by atoms with E-state index in [1.54, 1.807) is 24.3 Å². The van der Waals surface area contributed by atoms with E-state index in [9.17, 15) is 9.59 Å². The number of aromatic carboxylic acids is 1. The van der Waals surface area contributed by atoms with Crippen LogP contribution in [0.1, 0.15) is 31.1 Å². The zero-order valence-electron chi connectivity index (χ0n) is 11.3. The number of carbonyl (C=O) groups excluding carboxylic acids is 1. The smallest absolute Gasteiger partial charge is 0.335 e. The Balaban J connectivity index is 2.44. The molecule has 0 radical (unpaired) electrons. The molecule has 0 fully saturated rings. The maximum absolute atomic E-state index is 11.7. The van der Waals surface area contributed by atoms with Crippen LogP contribution in [0.2, 0.25) is 0 Å². The lowest BCUT2D eigenvalue weighted by atomic mass is 10.1. The fourth-order valence-electron chi connectivity index (χ4n) is 1.30. The molecule has 0 saturated heterocycles. The highest BCUT2D eigenvalue weighted by atomic mass is 32.2.